The Kier molecular flexibility index (Phi) is 4.58. The van der Waals surface area contributed by atoms with E-state index in [1.807, 2.05) is 6.92 Å². The minimum atomic E-state index is -3.59. The molecule has 0 radical (unpaired) electrons. The monoisotopic (exact) mass is 364 g/mol. The summed E-state index contributed by atoms with van der Waals surface area (Å²) in [4.78, 5) is 14.0. The largest absolute Gasteiger partial charge is 0.254 e. The van der Waals surface area contributed by atoms with Crippen molar-refractivity contribution in [1.82, 2.24) is 4.31 Å². The summed E-state index contributed by atoms with van der Waals surface area (Å²) in [7, 11) is -3.59. The van der Waals surface area contributed by atoms with E-state index >= 15 is 0 Å². The number of hydrogen-bond donors (Lipinski definition) is 0. The van der Waals surface area contributed by atoms with Gasteiger partial charge in [-0.05, 0) is 53.7 Å². The van der Waals surface area contributed by atoms with Crippen LogP contribution >= 0.6 is 27.3 Å². The SMILES string of the molecule is Cc1cc(S(=O)(=O)N2CCCCC2N=C=O)sc1Br. The molecule has 19 heavy (non-hydrogen) atoms. The number of hydrogen-bond acceptors (Lipinski definition) is 5. The van der Waals surface area contributed by atoms with Crippen molar-refractivity contribution in [3.8, 4) is 0 Å². The molecule has 0 N–H and O–H groups in total. The fourth-order valence-corrected chi connectivity index (χ4v) is 5.98. The number of carbonyl (C=O) groups excluding carboxylic acids is 1. The first kappa shape index (κ1) is 14.9. The van der Waals surface area contributed by atoms with Gasteiger partial charge in [-0.2, -0.15) is 9.30 Å². The van der Waals surface area contributed by atoms with Gasteiger partial charge in [-0.3, -0.25) is 0 Å². The van der Waals surface area contributed by atoms with Crippen LogP contribution in [0.25, 0.3) is 0 Å². The number of nitrogens with zero attached hydrogens (tertiary/aromatic N) is 2. The molecule has 1 fully saturated rings. The van der Waals surface area contributed by atoms with Gasteiger partial charge in [-0.1, -0.05) is 0 Å². The summed E-state index contributed by atoms with van der Waals surface area (Å²) in [5, 5.41) is 0. The summed E-state index contributed by atoms with van der Waals surface area (Å²) < 4.78 is 27.5. The third kappa shape index (κ3) is 2.98. The Morgan fingerprint density at radius 2 is 2.26 bits per heavy atom. The van der Waals surface area contributed by atoms with Crippen molar-refractivity contribution in [2.75, 3.05) is 6.54 Å². The lowest BCUT2D eigenvalue weighted by molar-refractivity contribution is 0.260. The van der Waals surface area contributed by atoms with E-state index < -0.39 is 16.2 Å². The molecule has 5 nitrogen and oxygen atoms in total. The number of sulfonamides is 1. The zero-order chi connectivity index (χ0) is 14.0. The standard InChI is InChI=1S/C11H13BrN2O3S2/c1-8-6-10(18-11(8)12)19(16,17)14-5-3-2-4-9(14)13-7-15/h6,9H,2-5H2,1H3. The van der Waals surface area contributed by atoms with Gasteiger partial charge in [0.25, 0.3) is 10.0 Å². The summed E-state index contributed by atoms with van der Waals surface area (Å²) in [6, 6.07) is 1.64. The summed E-state index contributed by atoms with van der Waals surface area (Å²) in [5.41, 5.74) is 0.885. The van der Waals surface area contributed by atoms with Crippen molar-refractivity contribution >= 4 is 43.4 Å². The Morgan fingerprint density at radius 3 is 2.84 bits per heavy atom. The van der Waals surface area contributed by atoms with Crippen molar-refractivity contribution < 1.29 is 13.2 Å². The van der Waals surface area contributed by atoms with Crippen LogP contribution in [0.15, 0.2) is 19.1 Å². The van der Waals surface area contributed by atoms with Crippen LogP contribution in [0.2, 0.25) is 0 Å². The predicted octanol–water partition coefficient (Wildman–Crippen LogP) is 2.66. The van der Waals surface area contributed by atoms with Crippen molar-refractivity contribution in [2.45, 2.75) is 36.6 Å². The molecule has 1 saturated heterocycles. The van der Waals surface area contributed by atoms with Gasteiger partial charge in [0.15, 0.2) is 0 Å². The van der Waals surface area contributed by atoms with Gasteiger partial charge in [-0.15, -0.1) is 11.3 Å². The van der Waals surface area contributed by atoms with Crippen molar-refractivity contribution in [3.05, 3.63) is 15.4 Å². The van der Waals surface area contributed by atoms with Crippen LogP contribution in [0.3, 0.4) is 0 Å². The highest BCUT2D eigenvalue weighted by molar-refractivity contribution is 9.11. The van der Waals surface area contributed by atoms with Gasteiger partial charge in [-0.25, -0.2) is 13.2 Å². The second-order valence-corrected chi connectivity index (χ2v) is 8.82. The molecule has 104 valence electrons. The molecule has 2 heterocycles. The van der Waals surface area contributed by atoms with E-state index in [2.05, 4.69) is 20.9 Å². The average Bonchev–Trinajstić information content (AvgIpc) is 2.71. The first-order valence-corrected chi connectivity index (χ1v) is 8.86. The summed E-state index contributed by atoms with van der Waals surface area (Å²) >= 11 is 4.51. The van der Waals surface area contributed by atoms with E-state index in [1.54, 1.807) is 6.07 Å². The van der Waals surface area contributed by atoms with Crippen LogP contribution < -0.4 is 0 Å². The molecule has 0 spiro atoms. The van der Waals surface area contributed by atoms with Crippen LogP contribution in [-0.4, -0.2) is 31.5 Å². The maximum Gasteiger partial charge on any atom is 0.254 e. The molecule has 0 aliphatic carbocycles. The summed E-state index contributed by atoms with van der Waals surface area (Å²) in [6.07, 6.45) is 3.08. The van der Waals surface area contributed by atoms with Crippen molar-refractivity contribution in [2.24, 2.45) is 4.99 Å². The molecule has 0 amide bonds. The quantitative estimate of drug-likeness (QED) is 0.611. The van der Waals surface area contributed by atoms with Gasteiger partial charge in [0.05, 0.1) is 3.79 Å². The third-order valence-electron chi connectivity index (χ3n) is 3.02. The van der Waals surface area contributed by atoms with Gasteiger partial charge in [0.2, 0.25) is 6.08 Å². The molecule has 2 rings (SSSR count). The Labute approximate surface area is 124 Å². The van der Waals surface area contributed by atoms with Gasteiger partial charge < -0.3 is 0 Å². The van der Waals surface area contributed by atoms with Gasteiger partial charge >= 0.3 is 0 Å². The zero-order valence-corrected chi connectivity index (χ0v) is 13.5. The van der Waals surface area contributed by atoms with E-state index in [4.69, 9.17) is 0 Å². The molecule has 1 aliphatic heterocycles. The smallest absolute Gasteiger partial charge is 0.211 e. The third-order valence-corrected chi connectivity index (χ3v) is 7.51. The highest BCUT2D eigenvalue weighted by Crippen LogP contribution is 2.34. The first-order valence-electron chi connectivity index (χ1n) is 5.81. The molecule has 0 aromatic carbocycles. The number of halogens is 1. The fourth-order valence-electron chi connectivity index (χ4n) is 2.03. The van der Waals surface area contributed by atoms with Crippen LogP contribution in [0, 0.1) is 6.92 Å². The fraction of sp³-hybridized carbons (Fsp3) is 0.545. The van der Waals surface area contributed by atoms with E-state index in [-0.39, 0.29) is 4.21 Å². The maximum absolute atomic E-state index is 12.6. The second-order valence-electron chi connectivity index (χ2n) is 4.33. The number of rotatable bonds is 3. The van der Waals surface area contributed by atoms with E-state index in [0.717, 1.165) is 22.2 Å². The maximum atomic E-state index is 12.6. The average molecular weight is 365 g/mol. The summed E-state index contributed by atoms with van der Waals surface area (Å²) in [6.45, 7) is 2.24. The van der Waals surface area contributed by atoms with Crippen LogP contribution in [-0.2, 0) is 14.8 Å². The van der Waals surface area contributed by atoms with Crippen molar-refractivity contribution in [1.29, 1.82) is 0 Å². The minimum absolute atomic E-state index is 0.282. The first-order chi connectivity index (χ1) is 8.96. The van der Waals surface area contributed by atoms with Crippen LogP contribution in [0.1, 0.15) is 24.8 Å². The van der Waals surface area contributed by atoms with E-state index in [1.165, 1.54) is 21.7 Å². The van der Waals surface area contributed by atoms with Crippen LogP contribution in [0.5, 0.6) is 0 Å². The number of aryl methyl sites for hydroxylation is 1. The Hall–Kier alpha value is -0.530. The second kappa shape index (κ2) is 5.85. The lowest BCUT2D eigenvalue weighted by atomic mass is 10.1. The molecule has 0 saturated carbocycles. The highest BCUT2D eigenvalue weighted by Gasteiger charge is 2.34. The molecule has 1 atom stereocenters. The molecule has 1 aromatic heterocycles. The molecular formula is C11H13BrN2O3S2. The molecule has 0 bridgehead atoms. The minimum Gasteiger partial charge on any atom is -0.211 e. The predicted molar refractivity (Wildman–Crippen MR) is 76.4 cm³/mol. The Balaban J connectivity index is 2.39. The Morgan fingerprint density at radius 1 is 1.53 bits per heavy atom. The van der Waals surface area contributed by atoms with Gasteiger partial charge in [0, 0.05) is 6.54 Å². The lowest BCUT2D eigenvalue weighted by Crippen LogP contribution is -2.42. The summed E-state index contributed by atoms with van der Waals surface area (Å²) in [5.74, 6) is 0. The lowest BCUT2D eigenvalue weighted by Gasteiger charge is -2.30. The normalized spacial score (nSPS) is 21.1. The van der Waals surface area contributed by atoms with Crippen LogP contribution in [0.4, 0.5) is 0 Å². The zero-order valence-electron chi connectivity index (χ0n) is 10.3. The van der Waals surface area contributed by atoms with Gasteiger partial charge in [0.1, 0.15) is 10.4 Å². The van der Waals surface area contributed by atoms with E-state index in [0.29, 0.717) is 13.0 Å². The van der Waals surface area contributed by atoms with E-state index in [9.17, 15) is 13.2 Å². The number of isocyanates is 1. The molecule has 1 aliphatic rings. The number of piperidine rings is 1. The topological polar surface area (TPSA) is 66.8 Å². The van der Waals surface area contributed by atoms with Crippen molar-refractivity contribution in [3.63, 3.8) is 0 Å². The molecule has 8 heteroatoms. The molecule has 1 unspecified atom stereocenters. The highest BCUT2D eigenvalue weighted by atomic mass is 79.9. The molecular weight excluding hydrogens is 352 g/mol. The number of thiophene rings is 1. The molecule has 1 aromatic rings. The Bertz CT molecular complexity index is 600. The number of aliphatic imine (C=N–C) groups is 1.